The van der Waals surface area contributed by atoms with Crippen LogP contribution >= 0.6 is 0 Å². The predicted octanol–water partition coefficient (Wildman–Crippen LogP) is 5.20. The fourth-order valence-corrected chi connectivity index (χ4v) is 8.95. The standard InChI is InChI=1S/C36H34F3N7O2/c1-3-24-27(38)8-5-19-11-23(47)12-25(28(19)24)29-31(39)33-30(26-17-44(2)43-32(26)29)34(46-21-6-7-22(46)15-40-14-21)42-35(41-33)48-18-36-9-4-10-45(36)16-20(37)13-36/h1,5,8,11-12,17,20-22,40,47H,4,6-7,9-10,13-16,18H2,2H3/t20-,21?,22?,36+/m1/s1. The molecule has 5 aromatic rings. The molecule has 0 aliphatic carbocycles. The summed E-state index contributed by atoms with van der Waals surface area (Å²) in [4.78, 5) is 14.1. The van der Waals surface area contributed by atoms with Gasteiger partial charge in [0, 0.05) is 67.7 Å². The van der Waals surface area contributed by atoms with Crippen molar-refractivity contribution in [3.05, 3.63) is 47.7 Å². The third kappa shape index (κ3) is 4.30. The normalized spacial score (nSPS) is 25.4. The third-order valence-electron chi connectivity index (χ3n) is 11.0. The van der Waals surface area contributed by atoms with Crippen LogP contribution in [0.3, 0.4) is 0 Å². The van der Waals surface area contributed by atoms with Gasteiger partial charge in [0.05, 0.1) is 16.5 Å². The summed E-state index contributed by atoms with van der Waals surface area (Å²) < 4.78 is 55.2. The van der Waals surface area contributed by atoms with Crippen LogP contribution in [0.25, 0.3) is 43.7 Å². The van der Waals surface area contributed by atoms with E-state index in [9.17, 15) is 9.50 Å². The molecule has 4 atom stereocenters. The van der Waals surface area contributed by atoms with Crippen molar-refractivity contribution in [2.75, 3.05) is 37.7 Å². The number of hydrogen-bond acceptors (Lipinski definition) is 8. The summed E-state index contributed by atoms with van der Waals surface area (Å²) in [5.74, 6) is 1.52. The van der Waals surface area contributed by atoms with Gasteiger partial charge in [-0.2, -0.15) is 15.1 Å². The maximum atomic E-state index is 17.5. The second-order valence-corrected chi connectivity index (χ2v) is 13.8. The molecule has 4 saturated heterocycles. The van der Waals surface area contributed by atoms with Crippen molar-refractivity contribution < 1.29 is 23.0 Å². The first-order chi connectivity index (χ1) is 23.2. The number of piperazine rings is 1. The number of ether oxygens (including phenoxy) is 1. The number of nitrogens with one attached hydrogen (secondary N) is 1. The van der Waals surface area contributed by atoms with E-state index in [0.717, 1.165) is 45.3 Å². The summed E-state index contributed by atoms with van der Waals surface area (Å²) in [5.41, 5.74) is 0.0812. The Morgan fingerprint density at radius 1 is 1.12 bits per heavy atom. The first-order valence-corrected chi connectivity index (χ1v) is 16.5. The van der Waals surface area contributed by atoms with Crippen LogP contribution < -0.4 is 15.0 Å². The van der Waals surface area contributed by atoms with Gasteiger partial charge in [-0.3, -0.25) is 9.58 Å². The summed E-state index contributed by atoms with van der Waals surface area (Å²) in [7, 11) is 1.75. The molecule has 9 rings (SSSR count). The summed E-state index contributed by atoms with van der Waals surface area (Å²) in [5, 5.41) is 20.8. The summed E-state index contributed by atoms with van der Waals surface area (Å²) in [6.07, 6.45) is 10.7. The van der Waals surface area contributed by atoms with E-state index in [2.05, 4.69) is 21.0 Å². The Balaban J connectivity index is 1.31. The van der Waals surface area contributed by atoms with Gasteiger partial charge in [-0.05, 0) is 61.4 Å². The monoisotopic (exact) mass is 653 g/mol. The van der Waals surface area contributed by atoms with Gasteiger partial charge in [-0.1, -0.05) is 12.0 Å². The molecule has 2 N–H and O–H groups in total. The molecule has 2 aromatic heterocycles. The van der Waals surface area contributed by atoms with Crippen LogP contribution in [0.1, 0.15) is 37.7 Å². The minimum atomic E-state index is -0.924. The maximum Gasteiger partial charge on any atom is 0.319 e. The number of benzene rings is 3. The Morgan fingerprint density at radius 3 is 2.73 bits per heavy atom. The number of phenolic OH excluding ortho intramolecular Hbond substituents is 1. The predicted molar refractivity (Wildman–Crippen MR) is 177 cm³/mol. The van der Waals surface area contributed by atoms with Crippen molar-refractivity contribution in [2.24, 2.45) is 7.05 Å². The molecule has 0 amide bonds. The minimum Gasteiger partial charge on any atom is -0.508 e. The zero-order chi connectivity index (χ0) is 32.9. The summed E-state index contributed by atoms with van der Waals surface area (Å²) in [6, 6.07) is 5.90. The van der Waals surface area contributed by atoms with Crippen LogP contribution in [0, 0.1) is 24.0 Å². The fraction of sp³-hybridized carbons (Fsp3) is 0.417. The highest BCUT2D eigenvalue weighted by molar-refractivity contribution is 6.18. The minimum absolute atomic E-state index is 0.0168. The lowest BCUT2D eigenvalue weighted by Crippen LogP contribution is -2.52. The van der Waals surface area contributed by atoms with Crippen molar-refractivity contribution in [1.82, 2.24) is 30.0 Å². The molecule has 48 heavy (non-hydrogen) atoms. The average Bonchev–Trinajstić information content (AvgIpc) is 3.78. The first-order valence-electron chi connectivity index (χ1n) is 16.5. The van der Waals surface area contributed by atoms with E-state index in [1.807, 2.05) is 0 Å². The molecule has 0 saturated carbocycles. The van der Waals surface area contributed by atoms with Gasteiger partial charge in [0.1, 0.15) is 41.2 Å². The maximum absolute atomic E-state index is 17.5. The first kappa shape index (κ1) is 29.5. The van der Waals surface area contributed by atoms with E-state index >= 15 is 8.78 Å². The SMILES string of the molecule is C#Cc1c(F)ccc2cc(O)cc(-c3c(F)c4nc(OC[C@@]56CCCN5C[C@H](F)C6)nc(N5C6CCC5CNC6)c4c4cn(C)nc34)c12. The quantitative estimate of drug-likeness (QED) is 0.251. The van der Waals surface area contributed by atoms with Gasteiger partial charge in [0.2, 0.25) is 0 Å². The fourth-order valence-electron chi connectivity index (χ4n) is 8.95. The molecule has 246 valence electrons. The highest BCUT2D eigenvalue weighted by atomic mass is 19.1. The smallest absolute Gasteiger partial charge is 0.319 e. The Hall–Kier alpha value is -4.60. The molecule has 2 bridgehead atoms. The van der Waals surface area contributed by atoms with E-state index in [-0.39, 0.29) is 58.0 Å². The van der Waals surface area contributed by atoms with Crippen molar-refractivity contribution in [2.45, 2.75) is 55.9 Å². The number of halogens is 3. The summed E-state index contributed by atoms with van der Waals surface area (Å²) >= 11 is 0. The second-order valence-electron chi connectivity index (χ2n) is 13.8. The number of alkyl halides is 1. The average molecular weight is 654 g/mol. The number of nitrogens with zero attached hydrogens (tertiary/aromatic N) is 6. The Kier molecular flexibility index (Phi) is 6.59. The van der Waals surface area contributed by atoms with Crippen molar-refractivity contribution in [3.63, 3.8) is 0 Å². The van der Waals surface area contributed by atoms with Gasteiger partial charge in [-0.15, -0.1) is 6.42 Å². The Labute approximate surface area is 274 Å². The van der Waals surface area contributed by atoms with Gasteiger partial charge >= 0.3 is 6.01 Å². The van der Waals surface area contributed by atoms with Gasteiger partial charge in [0.15, 0.2) is 5.82 Å². The van der Waals surface area contributed by atoms with Crippen LogP contribution in [-0.2, 0) is 7.05 Å². The summed E-state index contributed by atoms with van der Waals surface area (Å²) in [6.45, 7) is 2.92. The van der Waals surface area contributed by atoms with Crippen LogP contribution in [-0.4, -0.2) is 86.3 Å². The Morgan fingerprint density at radius 2 is 1.94 bits per heavy atom. The number of phenols is 1. The highest BCUT2D eigenvalue weighted by Gasteiger charge is 2.49. The number of hydrogen-bond donors (Lipinski definition) is 2. The number of aryl methyl sites for hydroxylation is 1. The van der Waals surface area contributed by atoms with E-state index in [0.29, 0.717) is 40.5 Å². The number of fused-ring (bicyclic) bond motifs is 7. The van der Waals surface area contributed by atoms with Gasteiger partial charge in [-0.25, -0.2) is 13.2 Å². The highest BCUT2D eigenvalue weighted by Crippen LogP contribution is 2.47. The molecule has 6 heterocycles. The van der Waals surface area contributed by atoms with Crippen molar-refractivity contribution >= 4 is 38.4 Å². The van der Waals surface area contributed by atoms with Gasteiger partial charge in [0.25, 0.3) is 0 Å². The number of rotatable bonds is 5. The topological polar surface area (TPSA) is 91.6 Å². The molecule has 12 heteroatoms. The number of anilines is 1. The second kappa shape index (κ2) is 10.7. The van der Waals surface area contributed by atoms with E-state index in [1.54, 1.807) is 17.9 Å². The van der Waals surface area contributed by atoms with Crippen LogP contribution in [0.4, 0.5) is 19.0 Å². The molecule has 9 nitrogen and oxygen atoms in total. The lowest BCUT2D eigenvalue weighted by atomic mass is 9.91. The Bertz CT molecular complexity index is 2180. The van der Waals surface area contributed by atoms with Crippen molar-refractivity contribution in [1.29, 1.82) is 0 Å². The molecule has 4 aliphatic heterocycles. The van der Waals surface area contributed by atoms with Crippen LogP contribution in [0.2, 0.25) is 0 Å². The zero-order valence-electron chi connectivity index (χ0n) is 26.4. The lowest BCUT2D eigenvalue weighted by molar-refractivity contribution is 0.107. The van der Waals surface area contributed by atoms with E-state index in [4.69, 9.17) is 26.2 Å². The molecule has 0 radical (unpaired) electrons. The largest absolute Gasteiger partial charge is 0.508 e. The van der Waals surface area contributed by atoms with Crippen LogP contribution in [0.5, 0.6) is 11.8 Å². The number of aromatic hydroxyl groups is 1. The molecular weight excluding hydrogens is 619 g/mol. The molecule has 0 spiro atoms. The molecule has 2 unspecified atom stereocenters. The molecule has 4 fully saturated rings. The van der Waals surface area contributed by atoms with Gasteiger partial charge < -0.3 is 20.1 Å². The molecule has 3 aromatic carbocycles. The van der Waals surface area contributed by atoms with E-state index < -0.39 is 23.3 Å². The third-order valence-corrected chi connectivity index (χ3v) is 11.0. The van der Waals surface area contributed by atoms with E-state index in [1.165, 1.54) is 24.3 Å². The zero-order valence-corrected chi connectivity index (χ0v) is 26.4. The number of aromatic nitrogens is 4. The molecule has 4 aliphatic rings. The number of terminal acetylenes is 1. The van der Waals surface area contributed by atoms with Crippen molar-refractivity contribution in [3.8, 4) is 35.2 Å². The lowest BCUT2D eigenvalue weighted by Gasteiger charge is -2.37. The molecular formula is C36H34F3N7O2. The van der Waals surface area contributed by atoms with Crippen LogP contribution in [0.15, 0.2) is 30.5 Å².